The summed E-state index contributed by atoms with van der Waals surface area (Å²) in [5, 5.41) is 0. The number of rotatable bonds is 0. The molecule has 1 aromatic rings. The van der Waals surface area contributed by atoms with Crippen molar-refractivity contribution in [3.05, 3.63) is 34.1 Å². The van der Waals surface area contributed by atoms with Gasteiger partial charge in [0.15, 0.2) is 0 Å². The molecular formula is C17H29NTi. The Labute approximate surface area is 134 Å². The van der Waals surface area contributed by atoms with Crippen molar-refractivity contribution in [3.8, 4) is 0 Å². The van der Waals surface area contributed by atoms with Crippen molar-refractivity contribution in [3.63, 3.8) is 0 Å². The molecule has 0 aliphatic heterocycles. The summed E-state index contributed by atoms with van der Waals surface area (Å²) < 4.78 is 0. The molecule has 2 heteroatoms. The molecule has 0 amide bonds. The summed E-state index contributed by atoms with van der Waals surface area (Å²) in [6, 6.07) is 2.51. The van der Waals surface area contributed by atoms with E-state index in [4.69, 9.17) is 5.73 Å². The van der Waals surface area contributed by atoms with Gasteiger partial charge in [-0.1, -0.05) is 72.6 Å². The molecule has 0 unspecified atom stereocenters. The predicted molar refractivity (Wildman–Crippen MR) is 81.4 cm³/mol. The third-order valence-electron chi connectivity index (χ3n) is 4.28. The van der Waals surface area contributed by atoms with E-state index in [2.05, 4.69) is 33.8 Å². The third-order valence-corrected chi connectivity index (χ3v) is 4.28. The molecule has 0 spiro atoms. The maximum atomic E-state index is 7.51. The fraction of sp³-hybridized carbons (Fsp3) is 0.706. The number of hydrogen-bond donors (Lipinski definition) is 0. The van der Waals surface area contributed by atoms with Gasteiger partial charge in [-0.2, -0.15) is 28.3 Å². The van der Waals surface area contributed by atoms with Crippen LogP contribution >= 0.6 is 0 Å². The van der Waals surface area contributed by atoms with Gasteiger partial charge >= 0.3 is 21.7 Å². The van der Waals surface area contributed by atoms with E-state index in [1.54, 1.807) is 0 Å². The molecule has 0 atom stereocenters. The Bertz CT molecular complexity index is 324. The Morgan fingerprint density at radius 3 is 1.79 bits per heavy atom. The van der Waals surface area contributed by atoms with E-state index in [0.717, 1.165) is 12.8 Å². The number of nitrogens with one attached hydrogen (secondary N) is 1. The Kier molecular flexibility index (Phi) is 9.87. The fourth-order valence-electron chi connectivity index (χ4n) is 2.59. The molecule has 0 bridgehead atoms. The van der Waals surface area contributed by atoms with E-state index in [-0.39, 0.29) is 27.8 Å². The van der Waals surface area contributed by atoms with Crippen molar-refractivity contribution in [2.45, 2.75) is 78.7 Å². The molecule has 1 aromatic carbocycles. The van der Waals surface area contributed by atoms with E-state index in [1.807, 2.05) is 0 Å². The van der Waals surface area contributed by atoms with Crippen LogP contribution in [-0.2, 0) is 21.7 Å². The van der Waals surface area contributed by atoms with E-state index in [9.17, 15) is 0 Å². The van der Waals surface area contributed by atoms with Crippen molar-refractivity contribution in [2.24, 2.45) is 0 Å². The van der Waals surface area contributed by atoms with Crippen molar-refractivity contribution >= 4 is 0 Å². The van der Waals surface area contributed by atoms with Crippen LogP contribution in [-0.4, -0.2) is 6.04 Å². The van der Waals surface area contributed by atoms with Crippen molar-refractivity contribution in [2.75, 3.05) is 0 Å². The minimum Gasteiger partial charge on any atom is -0.675 e. The molecule has 0 radical (unpaired) electrons. The van der Waals surface area contributed by atoms with Crippen molar-refractivity contribution in [1.82, 2.24) is 0 Å². The summed E-state index contributed by atoms with van der Waals surface area (Å²) in [4.78, 5) is 0. The minimum atomic E-state index is 0. The standard InChI is InChI=1S/C9H13.C8H16N.Ti/c1-6-5-7(2)9(4)8(6)3;9-8-6-4-2-1-3-5-7-8;/h5H,1-4H3;8-9H,1-7H2;/q2*-1;+2. The van der Waals surface area contributed by atoms with Gasteiger partial charge in [-0.25, -0.2) is 0 Å². The molecule has 2 rings (SSSR count). The first-order valence-electron chi connectivity index (χ1n) is 7.43. The van der Waals surface area contributed by atoms with Crippen LogP contribution in [0.3, 0.4) is 0 Å². The molecule has 19 heavy (non-hydrogen) atoms. The van der Waals surface area contributed by atoms with E-state index in [1.165, 1.54) is 54.4 Å². The summed E-state index contributed by atoms with van der Waals surface area (Å²) in [7, 11) is 0. The molecule has 1 saturated carbocycles. The normalized spacial score (nSPS) is 16.7. The van der Waals surface area contributed by atoms with Crippen LogP contribution < -0.4 is 0 Å². The van der Waals surface area contributed by atoms with E-state index in [0.29, 0.717) is 0 Å². The fourth-order valence-corrected chi connectivity index (χ4v) is 2.59. The molecule has 0 heterocycles. The van der Waals surface area contributed by atoms with Gasteiger partial charge in [0.1, 0.15) is 0 Å². The predicted octanol–water partition coefficient (Wildman–Crippen LogP) is 5.79. The first-order valence-corrected chi connectivity index (χ1v) is 7.43. The molecule has 1 fully saturated rings. The average molecular weight is 295 g/mol. The molecule has 1 N–H and O–H groups in total. The van der Waals surface area contributed by atoms with Gasteiger partial charge in [-0.3, -0.25) is 0 Å². The summed E-state index contributed by atoms with van der Waals surface area (Å²) in [5.74, 6) is 0. The van der Waals surface area contributed by atoms with Crippen molar-refractivity contribution < 1.29 is 21.7 Å². The van der Waals surface area contributed by atoms with Crippen LogP contribution in [0.15, 0.2) is 6.07 Å². The van der Waals surface area contributed by atoms with E-state index < -0.39 is 0 Å². The Balaban J connectivity index is 0.000000324. The van der Waals surface area contributed by atoms with Crippen LogP contribution in [0.2, 0.25) is 0 Å². The zero-order chi connectivity index (χ0) is 13.5. The first kappa shape index (κ1) is 19.0. The maximum Gasteiger partial charge on any atom is 2.00 e. The molecule has 106 valence electrons. The van der Waals surface area contributed by atoms with Gasteiger partial charge < -0.3 is 5.73 Å². The zero-order valence-corrected chi connectivity index (χ0v) is 14.7. The van der Waals surface area contributed by atoms with Crippen LogP contribution in [0.5, 0.6) is 0 Å². The first-order chi connectivity index (χ1) is 8.52. The van der Waals surface area contributed by atoms with E-state index >= 15 is 0 Å². The van der Waals surface area contributed by atoms with Gasteiger partial charge in [0.25, 0.3) is 0 Å². The summed E-state index contributed by atoms with van der Waals surface area (Å²) in [6.45, 7) is 8.68. The van der Waals surface area contributed by atoms with Gasteiger partial charge in [0.05, 0.1) is 0 Å². The Morgan fingerprint density at radius 1 is 1.00 bits per heavy atom. The zero-order valence-electron chi connectivity index (χ0n) is 13.1. The quantitative estimate of drug-likeness (QED) is 0.427. The summed E-state index contributed by atoms with van der Waals surface area (Å²) in [5.41, 5.74) is 13.3. The smallest absolute Gasteiger partial charge is 0.675 e. The second-order valence-electron chi connectivity index (χ2n) is 5.80. The molecule has 0 aromatic heterocycles. The average Bonchev–Trinajstić information content (AvgIpc) is 2.52. The number of aryl methyl sites for hydroxylation is 2. The largest absolute Gasteiger partial charge is 2.00 e. The molecule has 1 nitrogen and oxygen atoms in total. The second kappa shape index (κ2) is 9.85. The summed E-state index contributed by atoms with van der Waals surface area (Å²) in [6.07, 6.45) is 9.06. The Hall–Kier alpha value is 0.0243. The monoisotopic (exact) mass is 295 g/mol. The number of hydrogen-bond acceptors (Lipinski definition) is 0. The van der Waals surface area contributed by atoms with Gasteiger partial charge in [0, 0.05) is 0 Å². The van der Waals surface area contributed by atoms with Gasteiger partial charge in [-0.05, 0) is 0 Å². The minimum absolute atomic E-state index is 0. The second-order valence-corrected chi connectivity index (χ2v) is 5.80. The van der Waals surface area contributed by atoms with Gasteiger partial charge in [0.2, 0.25) is 0 Å². The van der Waals surface area contributed by atoms with Crippen molar-refractivity contribution in [1.29, 1.82) is 0 Å². The molecular weight excluding hydrogens is 266 g/mol. The van der Waals surface area contributed by atoms with Crippen LogP contribution in [0.25, 0.3) is 5.73 Å². The summed E-state index contributed by atoms with van der Waals surface area (Å²) >= 11 is 0. The van der Waals surface area contributed by atoms with Crippen LogP contribution in [0, 0.1) is 27.7 Å². The SMILES string of the molecule is Cc1c[c-](C)c(C)c1C.[NH-]C1CCCCCCC1.[Ti+2]. The van der Waals surface area contributed by atoms with Crippen LogP contribution in [0.1, 0.15) is 67.2 Å². The molecule has 0 saturated heterocycles. The Morgan fingerprint density at radius 2 is 1.47 bits per heavy atom. The molecule has 1 aliphatic carbocycles. The van der Waals surface area contributed by atoms with Crippen LogP contribution in [0.4, 0.5) is 0 Å². The third kappa shape index (κ3) is 6.83. The maximum absolute atomic E-state index is 7.51. The van der Waals surface area contributed by atoms with Gasteiger partial charge in [-0.15, -0.1) is 6.04 Å². The molecule has 1 aliphatic rings. The topological polar surface area (TPSA) is 23.8 Å².